The highest BCUT2D eigenvalue weighted by molar-refractivity contribution is 7.89. The zero-order chi connectivity index (χ0) is 17.3. The Morgan fingerprint density at radius 2 is 1.92 bits per heavy atom. The van der Waals surface area contributed by atoms with Crippen LogP contribution in [0.2, 0.25) is 0 Å². The molecule has 3 aromatic rings. The van der Waals surface area contributed by atoms with Gasteiger partial charge in [-0.05, 0) is 42.5 Å². The molecule has 128 valence electrons. The second-order valence-corrected chi connectivity index (χ2v) is 8.34. The van der Waals surface area contributed by atoms with E-state index in [1.807, 2.05) is 12.1 Å². The van der Waals surface area contributed by atoms with Gasteiger partial charge in [-0.1, -0.05) is 24.3 Å². The van der Waals surface area contributed by atoms with Crippen molar-refractivity contribution in [3.05, 3.63) is 66.6 Å². The molecule has 1 aliphatic rings. The molecule has 0 amide bonds. The molecule has 6 heteroatoms. The van der Waals surface area contributed by atoms with Crippen molar-refractivity contribution in [3.63, 3.8) is 0 Å². The van der Waals surface area contributed by atoms with E-state index < -0.39 is 10.0 Å². The van der Waals surface area contributed by atoms with Crippen LogP contribution >= 0.6 is 0 Å². The van der Waals surface area contributed by atoms with Crippen molar-refractivity contribution in [3.8, 4) is 0 Å². The third-order valence-electron chi connectivity index (χ3n) is 4.75. The number of rotatable bonds is 4. The smallest absolute Gasteiger partial charge is 0.244 e. The van der Waals surface area contributed by atoms with Gasteiger partial charge in [-0.15, -0.1) is 0 Å². The summed E-state index contributed by atoms with van der Waals surface area (Å²) in [6.45, 7) is 1.10. The molecule has 2 aromatic heterocycles. The maximum atomic E-state index is 12.7. The van der Waals surface area contributed by atoms with E-state index in [4.69, 9.17) is 0 Å². The van der Waals surface area contributed by atoms with Crippen LogP contribution in [0.25, 0.3) is 10.9 Å². The topological polar surface area (TPSA) is 63.2 Å². The minimum atomic E-state index is -3.45. The van der Waals surface area contributed by atoms with E-state index in [1.165, 1.54) is 11.8 Å². The number of pyridine rings is 2. The second kappa shape index (κ2) is 6.54. The van der Waals surface area contributed by atoms with E-state index in [9.17, 15) is 8.42 Å². The Morgan fingerprint density at radius 1 is 1.08 bits per heavy atom. The van der Waals surface area contributed by atoms with Crippen LogP contribution in [0.1, 0.15) is 12.0 Å². The van der Waals surface area contributed by atoms with Crippen LogP contribution in [-0.4, -0.2) is 35.8 Å². The number of para-hydroxylation sites is 1. The molecule has 5 nitrogen and oxygen atoms in total. The molecule has 1 atom stereocenters. The fourth-order valence-corrected chi connectivity index (χ4v) is 4.97. The van der Waals surface area contributed by atoms with Crippen LogP contribution in [0, 0.1) is 5.92 Å². The van der Waals surface area contributed by atoms with E-state index in [0.717, 1.165) is 23.7 Å². The fraction of sp³-hybridized carbons (Fsp3) is 0.263. The van der Waals surface area contributed by atoms with Crippen LogP contribution in [0.15, 0.2) is 66.0 Å². The van der Waals surface area contributed by atoms with Crippen molar-refractivity contribution in [1.29, 1.82) is 0 Å². The molecule has 0 saturated carbocycles. The lowest BCUT2D eigenvalue weighted by Gasteiger charge is -2.16. The van der Waals surface area contributed by atoms with E-state index in [2.05, 4.69) is 28.2 Å². The van der Waals surface area contributed by atoms with Gasteiger partial charge in [-0.3, -0.25) is 9.97 Å². The fourth-order valence-electron chi connectivity index (χ4n) is 3.47. The summed E-state index contributed by atoms with van der Waals surface area (Å²) in [5.74, 6) is 0.305. The number of sulfonamides is 1. The molecule has 4 rings (SSSR count). The van der Waals surface area contributed by atoms with Crippen molar-refractivity contribution in [2.45, 2.75) is 17.7 Å². The number of hydrogen-bond donors (Lipinski definition) is 0. The molecule has 0 radical (unpaired) electrons. The number of hydrogen-bond acceptors (Lipinski definition) is 4. The Balaban J connectivity index is 1.53. The molecule has 0 unspecified atom stereocenters. The van der Waals surface area contributed by atoms with Gasteiger partial charge in [0, 0.05) is 37.1 Å². The number of fused-ring (bicyclic) bond motifs is 1. The van der Waals surface area contributed by atoms with Gasteiger partial charge < -0.3 is 0 Å². The van der Waals surface area contributed by atoms with E-state index >= 15 is 0 Å². The molecular formula is C19H19N3O2S. The molecule has 1 aliphatic heterocycles. The van der Waals surface area contributed by atoms with Crippen LogP contribution in [0.3, 0.4) is 0 Å². The van der Waals surface area contributed by atoms with Gasteiger partial charge in [-0.25, -0.2) is 8.42 Å². The molecule has 1 fully saturated rings. The van der Waals surface area contributed by atoms with Crippen LogP contribution < -0.4 is 0 Å². The number of benzene rings is 1. The highest BCUT2D eigenvalue weighted by Gasteiger charge is 2.32. The summed E-state index contributed by atoms with van der Waals surface area (Å²) in [6, 6.07) is 13.4. The summed E-state index contributed by atoms with van der Waals surface area (Å²) < 4.78 is 27.0. The molecule has 0 spiro atoms. The molecule has 3 heterocycles. The van der Waals surface area contributed by atoms with Crippen LogP contribution in [-0.2, 0) is 16.4 Å². The Hall–Kier alpha value is -2.31. The lowest BCUT2D eigenvalue weighted by molar-refractivity contribution is 0.456. The van der Waals surface area contributed by atoms with Crippen molar-refractivity contribution in [2.75, 3.05) is 13.1 Å². The van der Waals surface area contributed by atoms with Gasteiger partial charge >= 0.3 is 0 Å². The van der Waals surface area contributed by atoms with Gasteiger partial charge in [-0.2, -0.15) is 4.31 Å². The van der Waals surface area contributed by atoms with Crippen molar-refractivity contribution in [2.24, 2.45) is 5.92 Å². The SMILES string of the molecule is O=S(=O)(c1cccnc1)N1CC[C@H](Cc2cccc3cccnc23)C1. The first-order valence-electron chi connectivity index (χ1n) is 8.37. The zero-order valence-corrected chi connectivity index (χ0v) is 14.6. The minimum absolute atomic E-state index is 0.266. The van der Waals surface area contributed by atoms with Crippen molar-refractivity contribution in [1.82, 2.24) is 14.3 Å². The van der Waals surface area contributed by atoms with Crippen LogP contribution in [0.4, 0.5) is 0 Å². The van der Waals surface area contributed by atoms with Gasteiger partial charge in [0.1, 0.15) is 4.90 Å². The first-order valence-corrected chi connectivity index (χ1v) is 9.81. The van der Waals surface area contributed by atoms with Gasteiger partial charge in [0.25, 0.3) is 0 Å². The maximum Gasteiger partial charge on any atom is 0.244 e. The predicted octanol–water partition coefficient (Wildman–Crippen LogP) is 2.88. The third kappa shape index (κ3) is 3.15. The summed E-state index contributed by atoms with van der Waals surface area (Å²) in [4.78, 5) is 8.69. The highest BCUT2D eigenvalue weighted by atomic mass is 32.2. The monoisotopic (exact) mass is 353 g/mol. The molecule has 25 heavy (non-hydrogen) atoms. The molecule has 1 saturated heterocycles. The Labute approximate surface area is 147 Å². The second-order valence-electron chi connectivity index (χ2n) is 6.40. The summed E-state index contributed by atoms with van der Waals surface area (Å²) in [7, 11) is -3.45. The summed E-state index contributed by atoms with van der Waals surface area (Å²) in [5, 5.41) is 1.12. The average Bonchev–Trinajstić information content (AvgIpc) is 3.12. The number of aromatic nitrogens is 2. The maximum absolute atomic E-state index is 12.7. The third-order valence-corrected chi connectivity index (χ3v) is 6.59. The largest absolute Gasteiger partial charge is 0.263 e. The number of nitrogens with zero attached hydrogens (tertiary/aromatic N) is 3. The predicted molar refractivity (Wildman–Crippen MR) is 96.5 cm³/mol. The standard InChI is InChI=1S/C19H19N3O2S/c23-25(24,18-7-3-9-20-13-18)22-11-8-15(14-22)12-17-5-1-4-16-6-2-10-21-19(16)17/h1-7,9-10,13,15H,8,11-12,14H2/t15-/m1/s1. The molecule has 0 bridgehead atoms. The Bertz CT molecular complexity index is 984. The van der Waals surface area contributed by atoms with Gasteiger partial charge in [0.05, 0.1) is 5.52 Å². The van der Waals surface area contributed by atoms with Gasteiger partial charge in [0.15, 0.2) is 0 Å². The summed E-state index contributed by atoms with van der Waals surface area (Å²) >= 11 is 0. The van der Waals surface area contributed by atoms with Crippen molar-refractivity contribution < 1.29 is 8.42 Å². The molecular weight excluding hydrogens is 334 g/mol. The zero-order valence-electron chi connectivity index (χ0n) is 13.7. The molecule has 0 N–H and O–H groups in total. The Morgan fingerprint density at radius 3 is 2.76 bits per heavy atom. The summed E-state index contributed by atoms with van der Waals surface area (Å²) in [6.07, 6.45) is 6.51. The van der Waals surface area contributed by atoms with E-state index in [-0.39, 0.29) is 4.90 Å². The Kier molecular flexibility index (Phi) is 4.23. The van der Waals surface area contributed by atoms with Crippen molar-refractivity contribution >= 4 is 20.9 Å². The summed E-state index contributed by atoms with van der Waals surface area (Å²) in [5.41, 5.74) is 2.20. The normalized spacial score (nSPS) is 18.6. The van der Waals surface area contributed by atoms with E-state index in [0.29, 0.717) is 19.0 Å². The van der Waals surface area contributed by atoms with Crippen LogP contribution in [0.5, 0.6) is 0 Å². The average molecular weight is 353 g/mol. The first-order chi connectivity index (χ1) is 12.1. The lowest BCUT2D eigenvalue weighted by atomic mass is 9.97. The molecule has 1 aromatic carbocycles. The quantitative estimate of drug-likeness (QED) is 0.723. The molecule has 0 aliphatic carbocycles. The lowest BCUT2D eigenvalue weighted by Crippen LogP contribution is -2.29. The van der Waals surface area contributed by atoms with Gasteiger partial charge in [0.2, 0.25) is 10.0 Å². The first kappa shape index (κ1) is 16.2. The minimum Gasteiger partial charge on any atom is -0.263 e. The van der Waals surface area contributed by atoms with E-state index in [1.54, 1.807) is 28.8 Å². The highest BCUT2D eigenvalue weighted by Crippen LogP contribution is 2.28.